The van der Waals surface area contributed by atoms with E-state index in [0.717, 1.165) is 20.9 Å². The van der Waals surface area contributed by atoms with Gasteiger partial charge >= 0.3 is 0 Å². The van der Waals surface area contributed by atoms with Crippen molar-refractivity contribution in [3.05, 3.63) is 203 Å². The van der Waals surface area contributed by atoms with Crippen LogP contribution < -0.4 is 9.80 Å². The Morgan fingerprint density at radius 2 is 0.929 bits per heavy atom. The summed E-state index contributed by atoms with van der Waals surface area (Å²) in [5.41, 5.74) is 4.98. The van der Waals surface area contributed by atoms with Crippen LogP contribution in [0.25, 0.3) is 12.2 Å². The highest BCUT2D eigenvalue weighted by atomic mass is 32.2. The molecule has 6 aromatic rings. The Morgan fingerprint density at radius 1 is 0.500 bits per heavy atom. The molecule has 272 valence electrons. The average Bonchev–Trinajstić information content (AvgIpc) is 3.76. The normalized spacial score (nSPS) is 15.5. The fraction of sp³-hybridized carbons (Fsp3) is 0.0426. The van der Waals surface area contributed by atoms with Gasteiger partial charge in [-0.2, -0.15) is 0 Å². The Bertz CT molecular complexity index is 2580. The van der Waals surface area contributed by atoms with Crippen LogP contribution >= 0.6 is 23.5 Å². The van der Waals surface area contributed by atoms with Gasteiger partial charge in [-0.15, -0.1) is 23.5 Å². The molecule has 0 aliphatic carbocycles. The summed E-state index contributed by atoms with van der Waals surface area (Å²) in [7, 11) is 0. The summed E-state index contributed by atoms with van der Waals surface area (Å²) in [4.78, 5) is 58.7. The van der Waals surface area contributed by atoms with Crippen molar-refractivity contribution in [2.45, 2.75) is 9.79 Å². The van der Waals surface area contributed by atoms with Crippen molar-refractivity contribution in [3.63, 3.8) is 0 Å². The Kier molecular flexibility index (Phi) is 10.4. The summed E-state index contributed by atoms with van der Waals surface area (Å²) in [5.74, 6) is -0.261. The lowest BCUT2D eigenvalue weighted by molar-refractivity contribution is -0.114. The fourth-order valence-corrected chi connectivity index (χ4v) is 7.36. The lowest BCUT2D eigenvalue weighted by Crippen LogP contribution is -2.38. The average molecular weight is 767 g/mol. The number of hydrogen-bond acceptors (Lipinski definition) is 7. The number of carbonyl (C=O) groups excluding carboxylic acids is 3. The molecule has 0 N–H and O–H groups in total. The third kappa shape index (κ3) is 7.30. The number of rotatable bonds is 10. The summed E-state index contributed by atoms with van der Waals surface area (Å²) >= 11 is 3.27. The number of hydrogen-bond donors (Lipinski definition) is 0. The minimum absolute atomic E-state index is 0.213. The minimum Gasteiger partial charge on any atom is -0.289 e. The van der Waals surface area contributed by atoms with Crippen molar-refractivity contribution in [2.24, 2.45) is 9.98 Å². The molecule has 0 atom stereocenters. The molecule has 9 heteroatoms. The number of thioether (sulfide) groups is 2. The van der Waals surface area contributed by atoms with Gasteiger partial charge in [-0.3, -0.25) is 24.2 Å². The molecule has 0 spiro atoms. The van der Waals surface area contributed by atoms with E-state index in [4.69, 9.17) is 9.98 Å². The minimum atomic E-state index is -0.405. The van der Waals surface area contributed by atoms with Gasteiger partial charge in [-0.1, -0.05) is 115 Å². The quantitative estimate of drug-likeness (QED) is 0.0788. The summed E-state index contributed by atoms with van der Waals surface area (Å²) in [6.07, 6.45) is 7.55. The molecule has 0 saturated heterocycles. The maximum absolute atomic E-state index is 14.8. The van der Waals surface area contributed by atoms with Crippen LogP contribution in [0.5, 0.6) is 0 Å². The van der Waals surface area contributed by atoms with E-state index in [9.17, 15) is 14.4 Å². The van der Waals surface area contributed by atoms with Crippen molar-refractivity contribution in [1.82, 2.24) is 0 Å². The lowest BCUT2D eigenvalue weighted by atomic mass is 10.0. The van der Waals surface area contributed by atoms with Gasteiger partial charge < -0.3 is 0 Å². The molecule has 0 saturated carbocycles. The molecule has 0 unspecified atom stereocenters. The number of ketones is 1. The zero-order valence-electron chi connectivity index (χ0n) is 30.5. The van der Waals surface area contributed by atoms with Crippen LogP contribution in [0.2, 0.25) is 0 Å². The number of nitrogens with zero attached hydrogens (tertiary/aromatic N) is 4. The van der Waals surface area contributed by atoms with Crippen molar-refractivity contribution in [3.8, 4) is 0 Å². The number of anilines is 2. The first kappa shape index (κ1) is 36.4. The maximum atomic E-state index is 14.8. The molecule has 2 heterocycles. The van der Waals surface area contributed by atoms with Crippen molar-refractivity contribution in [2.75, 3.05) is 22.3 Å². The first-order chi connectivity index (χ1) is 27.4. The molecule has 2 amide bonds. The molecule has 2 aliphatic rings. The third-order valence-electron chi connectivity index (χ3n) is 9.38. The van der Waals surface area contributed by atoms with Gasteiger partial charge in [0.1, 0.15) is 23.1 Å². The number of carbonyl (C=O) groups is 3. The first-order valence-electron chi connectivity index (χ1n) is 17.8. The second kappa shape index (κ2) is 16.0. The zero-order valence-corrected chi connectivity index (χ0v) is 32.1. The Hall–Kier alpha value is -6.55. The van der Waals surface area contributed by atoms with Crippen molar-refractivity contribution >= 4 is 76.3 Å². The van der Waals surface area contributed by atoms with E-state index >= 15 is 0 Å². The van der Waals surface area contributed by atoms with Gasteiger partial charge in [0.15, 0.2) is 5.78 Å². The van der Waals surface area contributed by atoms with Gasteiger partial charge in [0.2, 0.25) is 0 Å². The molecular weight excluding hydrogens is 733 g/mol. The zero-order chi connectivity index (χ0) is 38.6. The number of amidine groups is 2. The van der Waals surface area contributed by atoms with Gasteiger partial charge in [-0.05, 0) is 78.3 Å². The summed E-state index contributed by atoms with van der Waals surface area (Å²) in [6, 6.07) is 48.8. The number of benzene rings is 6. The van der Waals surface area contributed by atoms with E-state index < -0.39 is 5.91 Å². The number of aliphatic imine (C=N–C) groups is 2. The largest absolute Gasteiger partial charge is 0.289 e. The van der Waals surface area contributed by atoms with Gasteiger partial charge in [-0.25, -0.2) is 9.98 Å². The van der Waals surface area contributed by atoms with Crippen LogP contribution in [0.3, 0.4) is 0 Å². The molecule has 0 fully saturated rings. The summed E-state index contributed by atoms with van der Waals surface area (Å²) in [5, 5.41) is 0. The van der Waals surface area contributed by atoms with Crippen molar-refractivity contribution in [1.29, 1.82) is 0 Å². The highest BCUT2D eigenvalue weighted by Gasteiger charge is 2.39. The highest BCUT2D eigenvalue weighted by molar-refractivity contribution is 7.98. The first-order valence-corrected chi connectivity index (χ1v) is 20.3. The van der Waals surface area contributed by atoms with Crippen LogP contribution in [0.4, 0.5) is 11.4 Å². The molecule has 0 bridgehead atoms. The summed E-state index contributed by atoms with van der Waals surface area (Å²) in [6.45, 7) is 0. The molecule has 8 rings (SSSR count). The Morgan fingerprint density at radius 3 is 1.38 bits per heavy atom. The van der Waals surface area contributed by atoms with Gasteiger partial charge in [0.05, 0.1) is 11.4 Å². The second-order valence-electron chi connectivity index (χ2n) is 12.9. The summed E-state index contributed by atoms with van der Waals surface area (Å²) < 4.78 is 0. The third-order valence-corrected chi connectivity index (χ3v) is 10.9. The van der Waals surface area contributed by atoms with Crippen LogP contribution in [0, 0.1) is 0 Å². The maximum Gasteiger partial charge on any atom is 0.282 e. The molecule has 6 aromatic carbocycles. The molecule has 2 aliphatic heterocycles. The standard InChI is InChI=1S/C47H34N4O3S2/c1-55-37-23-18-31(19-24-37)28-39-46(53)50(44(48-39)34-14-8-4-9-15-34)41-27-22-36(43(52)33-12-6-3-7-13-33)30-42(41)51-45(35-16-10-5-11-17-35)49-40(47(51)54)29-32-20-25-38(56-2)26-21-32/h3-30H,1-2H3/b39-28-,40-29-. The highest BCUT2D eigenvalue weighted by Crippen LogP contribution is 2.40. The van der Waals surface area contributed by atoms with E-state index in [1.54, 1.807) is 66.0 Å². The topological polar surface area (TPSA) is 82.4 Å². The molecule has 0 aromatic heterocycles. The molecule has 0 radical (unpaired) electrons. The fourth-order valence-electron chi connectivity index (χ4n) is 6.55. The smallest absolute Gasteiger partial charge is 0.282 e. The predicted molar refractivity (Wildman–Crippen MR) is 230 cm³/mol. The van der Waals surface area contributed by atoms with E-state index in [-0.39, 0.29) is 23.1 Å². The van der Waals surface area contributed by atoms with Crippen LogP contribution in [0.1, 0.15) is 38.2 Å². The Labute approximate surface area is 333 Å². The van der Waals surface area contributed by atoms with Crippen molar-refractivity contribution < 1.29 is 14.4 Å². The lowest BCUT2D eigenvalue weighted by Gasteiger charge is -2.27. The predicted octanol–water partition coefficient (Wildman–Crippen LogP) is 10.0. The van der Waals surface area contributed by atoms with Crippen LogP contribution in [-0.2, 0) is 9.59 Å². The van der Waals surface area contributed by atoms with Crippen LogP contribution in [0.15, 0.2) is 189 Å². The number of amides is 2. The van der Waals surface area contributed by atoms with E-state index in [1.807, 2.05) is 140 Å². The van der Waals surface area contributed by atoms with E-state index in [0.29, 0.717) is 45.3 Å². The Balaban J connectivity index is 1.32. The second-order valence-corrected chi connectivity index (χ2v) is 14.6. The molecule has 7 nitrogen and oxygen atoms in total. The van der Waals surface area contributed by atoms with Gasteiger partial charge in [0.25, 0.3) is 11.8 Å². The monoisotopic (exact) mass is 766 g/mol. The van der Waals surface area contributed by atoms with Gasteiger partial charge in [0, 0.05) is 32.0 Å². The molecular formula is C47H34N4O3S2. The molecule has 56 heavy (non-hydrogen) atoms. The van der Waals surface area contributed by atoms with Crippen LogP contribution in [-0.4, -0.2) is 41.8 Å². The van der Waals surface area contributed by atoms with E-state index in [2.05, 4.69) is 0 Å². The SMILES string of the molecule is CSc1ccc(/C=C2\N=C(c3ccccc3)N(c3ccc(C(=O)c4ccccc4)cc3N3C(=O)/C(=C/c4ccc(SC)cc4)N=C3c3ccccc3)C2=O)cc1. The van der Waals surface area contributed by atoms with E-state index in [1.165, 1.54) is 9.80 Å².